The summed E-state index contributed by atoms with van der Waals surface area (Å²) < 4.78 is 0.441. The SMILES string of the molecule is Cc1ccc(S)c(Br)c1[N+](=O)[O-]. The molecule has 0 aliphatic carbocycles. The highest BCUT2D eigenvalue weighted by Crippen LogP contribution is 2.33. The van der Waals surface area contributed by atoms with Gasteiger partial charge < -0.3 is 0 Å². The molecule has 0 atom stereocenters. The van der Waals surface area contributed by atoms with Crippen LogP contribution in [0.1, 0.15) is 5.56 Å². The van der Waals surface area contributed by atoms with Crippen LogP contribution in [0.25, 0.3) is 0 Å². The Hall–Kier alpha value is -0.550. The van der Waals surface area contributed by atoms with Gasteiger partial charge in [0.15, 0.2) is 0 Å². The minimum Gasteiger partial charge on any atom is -0.258 e. The van der Waals surface area contributed by atoms with E-state index in [0.29, 0.717) is 14.9 Å². The molecule has 0 fully saturated rings. The predicted molar refractivity (Wildman–Crippen MR) is 52.8 cm³/mol. The first-order valence-corrected chi connectivity index (χ1v) is 4.40. The summed E-state index contributed by atoms with van der Waals surface area (Å²) >= 11 is 7.17. The monoisotopic (exact) mass is 247 g/mol. The zero-order valence-corrected chi connectivity index (χ0v) is 8.72. The van der Waals surface area contributed by atoms with Gasteiger partial charge in [-0.05, 0) is 28.9 Å². The highest BCUT2D eigenvalue weighted by molar-refractivity contribution is 9.10. The Morgan fingerprint density at radius 1 is 1.58 bits per heavy atom. The van der Waals surface area contributed by atoms with Crippen molar-refractivity contribution in [2.24, 2.45) is 0 Å². The first kappa shape index (κ1) is 9.54. The Morgan fingerprint density at radius 2 is 2.17 bits per heavy atom. The number of benzene rings is 1. The van der Waals surface area contributed by atoms with Crippen molar-refractivity contribution in [3.05, 3.63) is 32.3 Å². The van der Waals surface area contributed by atoms with Crippen LogP contribution < -0.4 is 0 Å². The minimum atomic E-state index is -0.418. The number of thiol groups is 1. The average molecular weight is 248 g/mol. The predicted octanol–water partition coefficient (Wildman–Crippen LogP) is 2.95. The molecule has 0 bridgehead atoms. The molecule has 12 heavy (non-hydrogen) atoms. The van der Waals surface area contributed by atoms with E-state index in [1.165, 1.54) is 0 Å². The summed E-state index contributed by atoms with van der Waals surface area (Å²) in [6.45, 7) is 1.69. The van der Waals surface area contributed by atoms with Crippen LogP contribution in [0.3, 0.4) is 0 Å². The van der Waals surface area contributed by atoms with Gasteiger partial charge in [-0.2, -0.15) is 0 Å². The molecule has 1 rings (SSSR count). The van der Waals surface area contributed by atoms with Crippen LogP contribution in [-0.4, -0.2) is 4.92 Å². The number of hydrogen-bond acceptors (Lipinski definition) is 3. The summed E-state index contributed by atoms with van der Waals surface area (Å²) in [6.07, 6.45) is 0. The number of rotatable bonds is 1. The summed E-state index contributed by atoms with van der Waals surface area (Å²) in [5, 5.41) is 10.5. The fourth-order valence-electron chi connectivity index (χ4n) is 0.875. The summed E-state index contributed by atoms with van der Waals surface area (Å²) in [6, 6.07) is 3.39. The van der Waals surface area contributed by atoms with Crippen molar-refractivity contribution in [3.8, 4) is 0 Å². The summed E-state index contributed by atoms with van der Waals surface area (Å²) in [5.41, 5.74) is 0.715. The van der Waals surface area contributed by atoms with E-state index in [-0.39, 0.29) is 5.69 Å². The van der Waals surface area contributed by atoms with E-state index < -0.39 is 4.92 Å². The zero-order chi connectivity index (χ0) is 9.30. The molecule has 5 heteroatoms. The van der Waals surface area contributed by atoms with Gasteiger partial charge in [0.2, 0.25) is 0 Å². The van der Waals surface area contributed by atoms with Crippen LogP contribution in [0, 0.1) is 17.0 Å². The van der Waals surface area contributed by atoms with Crippen LogP contribution in [0.15, 0.2) is 21.5 Å². The fraction of sp³-hybridized carbons (Fsp3) is 0.143. The first-order chi connectivity index (χ1) is 5.54. The Morgan fingerprint density at radius 3 is 2.58 bits per heavy atom. The number of halogens is 1. The number of hydrogen-bond donors (Lipinski definition) is 1. The molecule has 0 saturated carbocycles. The number of aryl methyl sites for hydroxylation is 1. The van der Waals surface area contributed by atoms with Gasteiger partial charge in [0.1, 0.15) is 4.47 Å². The molecular formula is C7H6BrNO2S. The molecule has 0 N–H and O–H groups in total. The molecule has 0 amide bonds. The smallest absolute Gasteiger partial charge is 0.258 e. The van der Waals surface area contributed by atoms with Gasteiger partial charge >= 0.3 is 0 Å². The number of nitrogens with zero attached hydrogens (tertiary/aromatic N) is 1. The maximum Gasteiger partial charge on any atom is 0.287 e. The number of nitro benzene ring substituents is 1. The highest BCUT2D eigenvalue weighted by Gasteiger charge is 2.16. The van der Waals surface area contributed by atoms with Crippen LogP contribution >= 0.6 is 28.6 Å². The molecule has 64 valence electrons. The molecule has 0 aliphatic rings. The molecule has 0 unspecified atom stereocenters. The molecule has 0 saturated heterocycles. The Labute approximate surface area is 83.5 Å². The number of nitro groups is 1. The van der Waals surface area contributed by atoms with Gasteiger partial charge in [0, 0.05) is 10.5 Å². The summed E-state index contributed by atoms with van der Waals surface area (Å²) in [5.74, 6) is 0. The quantitative estimate of drug-likeness (QED) is 0.471. The highest BCUT2D eigenvalue weighted by atomic mass is 79.9. The van der Waals surface area contributed by atoms with Crippen molar-refractivity contribution in [3.63, 3.8) is 0 Å². The Kier molecular flexibility index (Phi) is 2.74. The topological polar surface area (TPSA) is 43.1 Å². The van der Waals surface area contributed by atoms with Crippen molar-refractivity contribution in [2.75, 3.05) is 0 Å². The van der Waals surface area contributed by atoms with Gasteiger partial charge in [-0.15, -0.1) is 12.6 Å². The van der Waals surface area contributed by atoms with E-state index in [0.717, 1.165) is 0 Å². The van der Waals surface area contributed by atoms with E-state index >= 15 is 0 Å². The van der Waals surface area contributed by atoms with Gasteiger partial charge in [-0.25, -0.2) is 0 Å². The van der Waals surface area contributed by atoms with E-state index in [1.807, 2.05) is 0 Å². The van der Waals surface area contributed by atoms with Crippen LogP contribution in [0.2, 0.25) is 0 Å². The first-order valence-electron chi connectivity index (χ1n) is 3.16. The second kappa shape index (κ2) is 3.45. The summed E-state index contributed by atoms with van der Waals surface area (Å²) in [4.78, 5) is 10.7. The molecule has 1 aromatic carbocycles. The van der Waals surface area contributed by atoms with Crippen molar-refractivity contribution in [1.82, 2.24) is 0 Å². The summed E-state index contributed by atoms with van der Waals surface area (Å²) in [7, 11) is 0. The lowest BCUT2D eigenvalue weighted by atomic mass is 10.2. The van der Waals surface area contributed by atoms with Crippen molar-refractivity contribution >= 4 is 34.2 Å². The largest absolute Gasteiger partial charge is 0.287 e. The van der Waals surface area contributed by atoms with E-state index in [2.05, 4.69) is 28.6 Å². The second-order valence-electron chi connectivity index (χ2n) is 2.32. The standard InChI is InChI=1S/C7H6BrNO2S/c1-4-2-3-5(12)6(8)7(4)9(10)11/h2-3,12H,1H3. The molecule has 0 radical (unpaired) electrons. The maximum absolute atomic E-state index is 10.5. The van der Waals surface area contributed by atoms with E-state index in [4.69, 9.17) is 0 Å². The zero-order valence-electron chi connectivity index (χ0n) is 6.24. The van der Waals surface area contributed by atoms with Crippen LogP contribution in [0.5, 0.6) is 0 Å². The van der Waals surface area contributed by atoms with Gasteiger partial charge in [0.05, 0.1) is 4.92 Å². The minimum absolute atomic E-state index is 0.0856. The maximum atomic E-state index is 10.5. The van der Waals surface area contributed by atoms with Gasteiger partial charge in [-0.3, -0.25) is 10.1 Å². The lowest BCUT2D eigenvalue weighted by molar-refractivity contribution is -0.386. The molecule has 0 heterocycles. The third-order valence-electron chi connectivity index (χ3n) is 1.48. The Balaban J connectivity index is 3.43. The van der Waals surface area contributed by atoms with Crippen molar-refractivity contribution in [1.29, 1.82) is 0 Å². The third kappa shape index (κ3) is 1.61. The molecule has 1 aromatic rings. The molecule has 0 aromatic heterocycles. The third-order valence-corrected chi connectivity index (χ3v) is 2.96. The van der Waals surface area contributed by atoms with Crippen LogP contribution in [-0.2, 0) is 0 Å². The molecule has 3 nitrogen and oxygen atoms in total. The molecular weight excluding hydrogens is 242 g/mol. The van der Waals surface area contributed by atoms with Crippen LogP contribution in [0.4, 0.5) is 5.69 Å². The lowest BCUT2D eigenvalue weighted by Gasteiger charge is -2.01. The average Bonchev–Trinajstić information content (AvgIpc) is 1.97. The Bertz CT molecular complexity index is 340. The lowest BCUT2D eigenvalue weighted by Crippen LogP contribution is -1.93. The second-order valence-corrected chi connectivity index (χ2v) is 3.60. The molecule has 0 aliphatic heterocycles. The normalized spacial score (nSPS) is 9.92. The molecule has 0 spiro atoms. The van der Waals surface area contributed by atoms with E-state index in [9.17, 15) is 10.1 Å². The van der Waals surface area contributed by atoms with Gasteiger partial charge in [0.25, 0.3) is 5.69 Å². The fourth-order valence-corrected chi connectivity index (χ4v) is 1.64. The van der Waals surface area contributed by atoms with Gasteiger partial charge in [-0.1, -0.05) is 6.07 Å². The van der Waals surface area contributed by atoms with E-state index in [1.54, 1.807) is 19.1 Å². The van der Waals surface area contributed by atoms with Crippen molar-refractivity contribution in [2.45, 2.75) is 11.8 Å². The van der Waals surface area contributed by atoms with Crippen molar-refractivity contribution < 1.29 is 4.92 Å².